The van der Waals surface area contributed by atoms with Crippen molar-refractivity contribution in [2.75, 3.05) is 18.8 Å². The zero-order valence-electron chi connectivity index (χ0n) is 10.4. The van der Waals surface area contributed by atoms with Crippen LogP contribution >= 0.6 is 0 Å². The van der Waals surface area contributed by atoms with Gasteiger partial charge in [0.05, 0.1) is 6.20 Å². The molecule has 1 aliphatic heterocycles. The fourth-order valence-electron chi connectivity index (χ4n) is 2.23. The van der Waals surface area contributed by atoms with E-state index in [0.29, 0.717) is 11.4 Å². The lowest BCUT2D eigenvalue weighted by Crippen LogP contribution is -2.34. The molecule has 17 heavy (non-hydrogen) atoms. The molecule has 5 nitrogen and oxygen atoms in total. The van der Waals surface area contributed by atoms with Crippen LogP contribution < -0.4 is 5.73 Å². The van der Waals surface area contributed by atoms with E-state index in [1.54, 1.807) is 13.2 Å². The van der Waals surface area contributed by atoms with Crippen LogP contribution in [0.3, 0.4) is 0 Å². The predicted molar refractivity (Wildman–Crippen MR) is 66.6 cm³/mol. The molecule has 1 amide bonds. The van der Waals surface area contributed by atoms with Crippen molar-refractivity contribution in [2.45, 2.75) is 32.1 Å². The molecular weight excluding hydrogens is 216 g/mol. The average molecular weight is 236 g/mol. The number of nitrogens with zero attached hydrogens (tertiary/aromatic N) is 3. The van der Waals surface area contributed by atoms with E-state index in [1.807, 2.05) is 4.90 Å². The Morgan fingerprint density at radius 2 is 1.82 bits per heavy atom. The zero-order valence-corrected chi connectivity index (χ0v) is 10.4. The molecule has 94 valence electrons. The summed E-state index contributed by atoms with van der Waals surface area (Å²) in [5, 5.41) is 4.02. The van der Waals surface area contributed by atoms with Crippen molar-refractivity contribution < 1.29 is 4.79 Å². The van der Waals surface area contributed by atoms with Crippen LogP contribution in [-0.4, -0.2) is 33.7 Å². The molecular formula is C12H20N4O. The molecule has 0 aliphatic carbocycles. The van der Waals surface area contributed by atoms with Crippen molar-refractivity contribution in [1.29, 1.82) is 0 Å². The summed E-state index contributed by atoms with van der Waals surface area (Å²) in [5.41, 5.74) is 6.37. The minimum absolute atomic E-state index is 0.0255. The van der Waals surface area contributed by atoms with Crippen molar-refractivity contribution in [3.63, 3.8) is 0 Å². The molecule has 1 fully saturated rings. The Bertz CT molecular complexity index is 391. The first kappa shape index (κ1) is 12.0. The number of nitrogens with two attached hydrogens (primary N) is 1. The van der Waals surface area contributed by atoms with Gasteiger partial charge in [-0.15, -0.1) is 0 Å². The van der Waals surface area contributed by atoms with E-state index in [1.165, 1.54) is 23.9 Å². The van der Waals surface area contributed by atoms with E-state index in [-0.39, 0.29) is 5.91 Å². The van der Waals surface area contributed by atoms with Crippen molar-refractivity contribution in [3.05, 3.63) is 11.8 Å². The van der Waals surface area contributed by atoms with Gasteiger partial charge in [0.1, 0.15) is 11.4 Å². The van der Waals surface area contributed by atoms with Crippen LogP contribution in [0.25, 0.3) is 0 Å². The monoisotopic (exact) mass is 236 g/mol. The smallest absolute Gasteiger partial charge is 0.259 e. The minimum atomic E-state index is 0.0255. The average Bonchev–Trinajstić information content (AvgIpc) is 2.58. The lowest BCUT2D eigenvalue weighted by molar-refractivity contribution is 0.0743. The second-order valence-corrected chi connectivity index (χ2v) is 4.63. The van der Waals surface area contributed by atoms with Crippen LogP contribution in [0.4, 0.5) is 5.82 Å². The van der Waals surface area contributed by atoms with E-state index in [9.17, 15) is 4.79 Å². The fraction of sp³-hybridized carbons (Fsp3) is 0.667. The third-order valence-corrected chi connectivity index (χ3v) is 3.36. The Balaban J connectivity index is 2.10. The second kappa shape index (κ2) is 5.21. The summed E-state index contributed by atoms with van der Waals surface area (Å²) in [6, 6.07) is 0. The van der Waals surface area contributed by atoms with Gasteiger partial charge in [-0.1, -0.05) is 19.3 Å². The Morgan fingerprint density at radius 1 is 1.24 bits per heavy atom. The molecule has 0 bridgehead atoms. The Labute approximate surface area is 102 Å². The maximum absolute atomic E-state index is 12.3. The summed E-state index contributed by atoms with van der Waals surface area (Å²) < 4.78 is 1.54. The van der Waals surface area contributed by atoms with E-state index in [0.717, 1.165) is 25.9 Å². The quantitative estimate of drug-likeness (QED) is 0.801. The maximum Gasteiger partial charge on any atom is 0.259 e. The second-order valence-electron chi connectivity index (χ2n) is 4.63. The number of nitrogen functional groups attached to an aromatic ring is 1. The molecule has 2 rings (SSSR count). The van der Waals surface area contributed by atoms with Crippen molar-refractivity contribution in [1.82, 2.24) is 14.7 Å². The minimum Gasteiger partial charge on any atom is -0.383 e. The topological polar surface area (TPSA) is 64.2 Å². The lowest BCUT2D eigenvalue weighted by Gasteiger charge is -2.24. The molecule has 5 heteroatoms. The van der Waals surface area contributed by atoms with Gasteiger partial charge in [0.15, 0.2) is 0 Å². The molecule has 0 spiro atoms. The number of amides is 1. The van der Waals surface area contributed by atoms with Gasteiger partial charge in [-0.3, -0.25) is 9.48 Å². The normalized spacial score (nSPS) is 17.6. The zero-order chi connectivity index (χ0) is 12.3. The van der Waals surface area contributed by atoms with Gasteiger partial charge >= 0.3 is 0 Å². The highest BCUT2D eigenvalue weighted by Gasteiger charge is 2.20. The number of aromatic nitrogens is 2. The molecule has 0 atom stereocenters. The molecule has 1 saturated heterocycles. The van der Waals surface area contributed by atoms with Gasteiger partial charge in [-0.2, -0.15) is 5.10 Å². The summed E-state index contributed by atoms with van der Waals surface area (Å²) in [5.74, 6) is 0.481. The highest BCUT2D eigenvalue weighted by atomic mass is 16.2. The van der Waals surface area contributed by atoms with Crippen molar-refractivity contribution in [2.24, 2.45) is 7.05 Å². The highest BCUT2D eigenvalue weighted by molar-refractivity contribution is 5.98. The van der Waals surface area contributed by atoms with Crippen LogP contribution in [0.2, 0.25) is 0 Å². The van der Waals surface area contributed by atoms with Gasteiger partial charge in [0, 0.05) is 20.1 Å². The summed E-state index contributed by atoms with van der Waals surface area (Å²) in [7, 11) is 1.75. The van der Waals surface area contributed by atoms with Crippen LogP contribution in [-0.2, 0) is 7.05 Å². The number of aryl methyl sites for hydroxylation is 1. The number of hydrogen-bond donors (Lipinski definition) is 1. The van der Waals surface area contributed by atoms with Crippen LogP contribution in [0.1, 0.15) is 42.5 Å². The molecule has 1 aromatic rings. The fourth-order valence-corrected chi connectivity index (χ4v) is 2.23. The number of carbonyl (C=O) groups is 1. The summed E-state index contributed by atoms with van der Waals surface area (Å²) in [4.78, 5) is 14.2. The van der Waals surface area contributed by atoms with Crippen LogP contribution in [0.15, 0.2) is 6.20 Å². The number of anilines is 1. The number of carbonyl (C=O) groups excluding carboxylic acids is 1. The molecule has 2 N–H and O–H groups in total. The SMILES string of the molecule is Cn1ncc(C(=O)N2CCCCCCC2)c1N. The van der Waals surface area contributed by atoms with E-state index < -0.39 is 0 Å². The van der Waals surface area contributed by atoms with Gasteiger partial charge in [-0.25, -0.2) is 0 Å². The van der Waals surface area contributed by atoms with Crippen molar-refractivity contribution >= 4 is 11.7 Å². The predicted octanol–water partition coefficient (Wildman–Crippen LogP) is 1.41. The first-order chi connectivity index (χ1) is 8.20. The number of rotatable bonds is 1. The van der Waals surface area contributed by atoms with E-state index in [4.69, 9.17) is 5.73 Å². The molecule has 1 aromatic heterocycles. The largest absolute Gasteiger partial charge is 0.383 e. The van der Waals surface area contributed by atoms with Gasteiger partial charge in [0.2, 0.25) is 0 Å². The van der Waals surface area contributed by atoms with Gasteiger partial charge < -0.3 is 10.6 Å². The first-order valence-electron chi connectivity index (χ1n) is 6.27. The van der Waals surface area contributed by atoms with E-state index >= 15 is 0 Å². The lowest BCUT2D eigenvalue weighted by atomic mass is 10.1. The summed E-state index contributed by atoms with van der Waals surface area (Å²) in [6.45, 7) is 1.68. The molecule has 0 radical (unpaired) electrons. The third kappa shape index (κ3) is 2.60. The number of likely N-dealkylation sites (tertiary alicyclic amines) is 1. The molecule has 2 heterocycles. The summed E-state index contributed by atoms with van der Waals surface area (Å²) in [6.07, 6.45) is 7.46. The Morgan fingerprint density at radius 3 is 2.35 bits per heavy atom. The Kier molecular flexibility index (Phi) is 3.66. The summed E-state index contributed by atoms with van der Waals surface area (Å²) >= 11 is 0. The Hall–Kier alpha value is -1.52. The van der Waals surface area contributed by atoms with E-state index in [2.05, 4.69) is 5.10 Å². The van der Waals surface area contributed by atoms with Crippen LogP contribution in [0.5, 0.6) is 0 Å². The first-order valence-corrected chi connectivity index (χ1v) is 6.27. The molecule has 0 unspecified atom stereocenters. The molecule has 0 saturated carbocycles. The van der Waals surface area contributed by atoms with Gasteiger partial charge in [0.25, 0.3) is 5.91 Å². The molecule has 0 aromatic carbocycles. The third-order valence-electron chi connectivity index (χ3n) is 3.36. The standard InChI is InChI=1S/C12H20N4O/c1-15-11(13)10(9-14-15)12(17)16-7-5-3-2-4-6-8-16/h9H,2-8,13H2,1H3. The van der Waals surface area contributed by atoms with Crippen molar-refractivity contribution in [3.8, 4) is 0 Å². The highest BCUT2D eigenvalue weighted by Crippen LogP contribution is 2.16. The van der Waals surface area contributed by atoms with Gasteiger partial charge in [-0.05, 0) is 12.8 Å². The van der Waals surface area contributed by atoms with Crippen LogP contribution in [0, 0.1) is 0 Å². The maximum atomic E-state index is 12.3. The molecule has 1 aliphatic rings. The number of hydrogen-bond acceptors (Lipinski definition) is 3.